The summed E-state index contributed by atoms with van der Waals surface area (Å²) in [7, 11) is 0. The average molecular weight is 213 g/mol. The largest absolute Gasteiger partial charge is 0.480 e. The van der Waals surface area contributed by atoms with Gasteiger partial charge in [-0.05, 0) is 12.1 Å². The molecule has 1 atom stereocenters. The van der Waals surface area contributed by atoms with Gasteiger partial charge < -0.3 is 25.8 Å². The maximum Gasteiger partial charge on any atom is 0.341 e. The quantitative estimate of drug-likeness (QED) is 0.479. The van der Waals surface area contributed by atoms with Crippen LogP contribution in [0.1, 0.15) is 0 Å². The van der Waals surface area contributed by atoms with Crippen LogP contribution in [0.3, 0.4) is 0 Å². The van der Waals surface area contributed by atoms with Gasteiger partial charge >= 0.3 is 11.9 Å². The van der Waals surface area contributed by atoms with Gasteiger partial charge in [-0.15, -0.1) is 0 Å². The zero-order valence-corrected chi connectivity index (χ0v) is 7.75. The van der Waals surface area contributed by atoms with Crippen molar-refractivity contribution in [3.63, 3.8) is 0 Å². The molecule has 0 bridgehead atoms. The highest BCUT2D eigenvalue weighted by Crippen LogP contribution is 2.11. The summed E-state index contributed by atoms with van der Waals surface area (Å²) in [6, 6.07) is 3.17. The Morgan fingerprint density at radius 2 is 2.20 bits per heavy atom. The maximum absolute atomic E-state index is 10.6. The second-order valence-electron chi connectivity index (χ2n) is 2.86. The fourth-order valence-electron chi connectivity index (χ4n) is 1.11. The summed E-state index contributed by atoms with van der Waals surface area (Å²) in [6.07, 6.45) is 0.165. The summed E-state index contributed by atoms with van der Waals surface area (Å²) >= 11 is 0. The molecule has 5 N–H and O–H groups in total. The van der Waals surface area contributed by atoms with Crippen LogP contribution >= 0.6 is 0 Å². The first-order valence-electron chi connectivity index (χ1n) is 4.12. The molecule has 0 spiro atoms. The zero-order valence-electron chi connectivity index (χ0n) is 7.75. The molecule has 0 fully saturated rings. The van der Waals surface area contributed by atoms with Gasteiger partial charge in [0, 0.05) is 6.20 Å². The number of carboxylic acids is 2. The fourth-order valence-corrected chi connectivity index (χ4v) is 1.11. The van der Waals surface area contributed by atoms with Crippen molar-refractivity contribution in [3.05, 3.63) is 18.3 Å². The van der Waals surface area contributed by atoms with E-state index in [1.54, 1.807) is 18.3 Å². The Kier molecular flexibility index (Phi) is 3.29. The summed E-state index contributed by atoms with van der Waals surface area (Å²) in [4.78, 5) is 24.9. The van der Waals surface area contributed by atoms with Crippen LogP contribution in [0.25, 0.3) is 0 Å². The molecule has 7 nitrogen and oxygen atoms in total. The van der Waals surface area contributed by atoms with E-state index >= 15 is 0 Å². The Hall–Kier alpha value is -2.02. The molecule has 1 heterocycles. The second kappa shape index (κ2) is 4.47. The van der Waals surface area contributed by atoms with E-state index in [1.807, 2.05) is 0 Å². The van der Waals surface area contributed by atoms with E-state index in [-0.39, 0.29) is 0 Å². The minimum absolute atomic E-state index is 0.354. The van der Waals surface area contributed by atoms with E-state index in [1.165, 1.54) is 0 Å². The van der Waals surface area contributed by atoms with Crippen LogP contribution in [-0.4, -0.2) is 39.8 Å². The number of nitrogens with zero attached hydrogens (tertiary/aromatic N) is 1. The van der Waals surface area contributed by atoms with Crippen LogP contribution in [0, 0.1) is 0 Å². The molecule has 0 radical (unpaired) electrons. The highest BCUT2D eigenvalue weighted by Gasteiger charge is 2.24. The number of anilines is 1. The third-order valence-electron chi connectivity index (χ3n) is 1.79. The molecule has 1 rings (SSSR count). The van der Waals surface area contributed by atoms with Gasteiger partial charge in [0.15, 0.2) is 6.17 Å². The molecule has 1 aromatic heterocycles. The number of nitrogens with two attached hydrogens (primary N) is 1. The van der Waals surface area contributed by atoms with Gasteiger partial charge in [-0.3, -0.25) is 4.79 Å². The van der Waals surface area contributed by atoms with Gasteiger partial charge in [-0.1, -0.05) is 0 Å². The lowest BCUT2D eigenvalue weighted by Gasteiger charge is -2.24. The predicted octanol–water partition coefficient (Wildman–Crippen LogP) is -0.725. The number of hydrogen-bond acceptors (Lipinski definition) is 4. The Morgan fingerprint density at radius 1 is 1.53 bits per heavy atom. The third kappa shape index (κ3) is 2.71. The first-order chi connectivity index (χ1) is 7.02. The topological polar surface area (TPSA) is 120 Å². The molecule has 0 amide bonds. The number of aromatic amines is 1. The Labute approximate surface area is 85.1 Å². The number of hydrogen-bond donors (Lipinski definition) is 4. The van der Waals surface area contributed by atoms with Crippen molar-refractivity contribution in [1.82, 2.24) is 4.98 Å². The molecule has 7 heteroatoms. The van der Waals surface area contributed by atoms with Gasteiger partial charge in [-0.25, -0.2) is 4.79 Å². The Balaban J connectivity index is 2.88. The molecular weight excluding hydrogens is 202 g/mol. The van der Waals surface area contributed by atoms with E-state index in [9.17, 15) is 9.59 Å². The average Bonchev–Trinajstić information content (AvgIpc) is 2.65. The van der Waals surface area contributed by atoms with Crippen LogP contribution in [0.2, 0.25) is 0 Å². The van der Waals surface area contributed by atoms with Crippen molar-refractivity contribution in [1.29, 1.82) is 0 Å². The monoisotopic (exact) mass is 213 g/mol. The SMILES string of the molecule is NC(C(=O)O)N(CC(=O)O)c1ccc[nH]1. The lowest BCUT2D eigenvalue weighted by Crippen LogP contribution is -2.50. The van der Waals surface area contributed by atoms with Crippen LogP contribution in [0.4, 0.5) is 5.82 Å². The number of carbonyl (C=O) groups is 2. The number of H-pyrrole nitrogens is 1. The van der Waals surface area contributed by atoms with Crippen molar-refractivity contribution in [2.45, 2.75) is 6.17 Å². The fraction of sp³-hybridized carbons (Fsp3) is 0.250. The molecule has 0 aliphatic rings. The summed E-state index contributed by atoms with van der Waals surface area (Å²) in [5.41, 5.74) is 5.34. The van der Waals surface area contributed by atoms with Crippen LogP contribution in [0.15, 0.2) is 18.3 Å². The van der Waals surface area contributed by atoms with E-state index < -0.39 is 24.6 Å². The normalized spacial score (nSPS) is 12.1. The van der Waals surface area contributed by atoms with E-state index in [0.717, 1.165) is 4.90 Å². The Morgan fingerprint density at radius 3 is 2.60 bits per heavy atom. The molecule has 0 aromatic carbocycles. The summed E-state index contributed by atoms with van der Waals surface area (Å²) < 4.78 is 0. The van der Waals surface area contributed by atoms with E-state index in [4.69, 9.17) is 15.9 Å². The van der Waals surface area contributed by atoms with Crippen molar-refractivity contribution in [2.75, 3.05) is 11.4 Å². The Bertz CT molecular complexity index is 349. The molecule has 1 unspecified atom stereocenters. The van der Waals surface area contributed by atoms with Gasteiger partial charge in [0.2, 0.25) is 0 Å². The zero-order chi connectivity index (χ0) is 11.4. The third-order valence-corrected chi connectivity index (χ3v) is 1.79. The lowest BCUT2D eigenvalue weighted by molar-refractivity contribution is -0.139. The number of nitrogens with one attached hydrogen (secondary N) is 1. The van der Waals surface area contributed by atoms with Gasteiger partial charge in [0.25, 0.3) is 0 Å². The van der Waals surface area contributed by atoms with Gasteiger partial charge in [-0.2, -0.15) is 0 Å². The van der Waals surface area contributed by atoms with E-state index in [2.05, 4.69) is 4.98 Å². The molecular formula is C8H11N3O4. The van der Waals surface area contributed by atoms with E-state index in [0.29, 0.717) is 5.82 Å². The lowest BCUT2D eigenvalue weighted by atomic mass is 10.4. The standard InChI is InChI=1S/C8H11N3O4/c9-7(8(14)15)11(4-6(12)13)5-2-1-3-10-5/h1-3,7,10H,4,9H2,(H,12,13)(H,14,15). The van der Waals surface area contributed by atoms with Crippen molar-refractivity contribution in [3.8, 4) is 0 Å². The molecule has 0 aliphatic heterocycles. The molecule has 0 saturated carbocycles. The number of carboxylic acid groups (broad SMARTS) is 2. The molecule has 82 valence electrons. The van der Waals surface area contributed by atoms with Crippen molar-refractivity contribution in [2.24, 2.45) is 5.73 Å². The highest BCUT2D eigenvalue weighted by molar-refractivity contribution is 5.81. The van der Waals surface area contributed by atoms with Crippen molar-refractivity contribution >= 4 is 17.8 Å². The van der Waals surface area contributed by atoms with Crippen LogP contribution < -0.4 is 10.6 Å². The number of aliphatic carboxylic acids is 2. The molecule has 0 aliphatic carbocycles. The second-order valence-corrected chi connectivity index (χ2v) is 2.86. The molecule has 1 aromatic rings. The predicted molar refractivity (Wildman–Crippen MR) is 51.4 cm³/mol. The maximum atomic E-state index is 10.6. The van der Waals surface area contributed by atoms with Crippen LogP contribution in [-0.2, 0) is 9.59 Å². The van der Waals surface area contributed by atoms with Crippen molar-refractivity contribution < 1.29 is 19.8 Å². The van der Waals surface area contributed by atoms with Gasteiger partial charge in [0.1, 0.15) is 12.4 Å². The van der Waals surface area contributed by atoms with Gasteiger partial charge in [0.05, 0.1) is 0 Å². The molecule has 0 saturated heterocycles. The first kappa shape index (κ1) is 11.1. The summed E-state index contributed by atoms with van der Waals surface area (Å²) in [5.74, 6) is -2.08. The minimum Gasteiger partial charge on any atom is -0.480 e. The smallest absolute Gasteiger partial charge is 0.341 e. The number of rotatable bonds is 5. The minimum atomic E-state index is -1.39. The highest BCUT2D eigenvalue weighted by atomic mass is 16.4. The summed E-state index contributed by atoms with van der Waals surface area (Å²) in [6.45, 7) is -0.478. The molecule has 15 heavy (non-hydrogen) atoms. The first-order valence-corrected chi connectivity index (χ1v) is 4.12. The summed E-state index contributed by atoms with van der Waals surface area (Å²) in [5, 5.41) is 17.3. The van der Waals surface area contributed by atoms with Crippen LogP contribution in [0.5, 0.6) is 0 Å². The number of aromatic nitrogens is 1.